The van der Waals surface area contributed by atoms with Crippen LogP contribution in [0.25, 0.3) is 0 Å². The maximum atomic E-state index is 9.14. The molecule has 0 aromatic carbocycles. The van der Waals surface area contributed by atoms with E-state index in [1.807, 2.05) is 0 Å². The van der Waals surface area contributed by atoms with Crippen molar-refractivity contribution in [2.24, 2.45) is 11.8 Å². The Bertz CT molecular complexity index is 410. The van der Waals surface area contributed by atoms with Crippen LogP contribution in [0.4, 0.5) is 0 Å². The van der Waals surface area contributed by atoms with E-state index >= 15 is 0 Å². The smallest absolute Gasteiger partial charge is 0.0941 e. The van der Waals surface area contributed by atoms with Crippen LogP contribution in [0.1, 0.15) is 62.6 Å². The van der Waals surface area contributed by atoms with Crippen LogP contribution in [0.2, 0.25) is 0 Å². The standard InChI is InChI=1S/C15H22N2S/c1-11(2)13(9-16)8-15-17-14(10-18-15)12-6-4-3-5-7-12/h10-13H,3-8H2,1-2H3. The molecule has 0 aliphatic heterocycles. The lowest BCUT2D eigenvalue weighted by atomic mass is 9.87. The second kappa shape index (κ2) is 6.33. The molecule has 1 aromatic rings. The molecule has 1 heterocycles. The third-order valence-electron chi connectivity index (χ3n) is 3.96. The zero-order chi connectivity index (χ0) is 13.0. The summed E-state index contributed by atoms with van der Waals surface area (Å²) < 4.78 is 0. The van der Waals surface area contributed by atoms with Crippen molar-refractivity contribution >= 4 is 11.3 Å². The highest BCUT2D eigenvalue weighted by Crippen LogP contribution is 2.33. The van der Waals surface area contributed by atoms with Gasteiger partial charge in [-0.25, -0.2) is 4.98 Å². The van der Waals surface area contributed by atoms with Gasteiger partial charge in [-0.1, -0.05) is 33.1 Å². The van der Waals surface area contributed by atoms with Gasteiger partial charge in [-0.3, -0.25) is 0 Å². The minimum Gasteiger partial charge on any atom is -0.246 e. The molecule has 2 rings (SSSR count). The molecule has 2 nitrogen and oxygen atoms in total. The Morgan fingerprint density at radius 3 is 2.72 bits per heavy atom. The van der Waals surface area contributed by atoms with Crippen LogP contribution in [-0.4, -0.2) is 4.98 Å². The van der Waals surface area contributed by atoms with Crippen LogP contribution in [-0.2, 0) is 6.42 Å². The summed E-state index contributed by atoms with van der Waals surface area (Å²) in [6.07, 6.45) is 7.52. The van der Waals surface area contributed by atoms with Crippen LogP contribution < -0.4 is 0 Å². The van der Waals surface area contributed by atoms with Crippen LogP contribution in [0.5, 0.6) is 0 Å². The zero-order valence-electron chi connectivity index (χ0n) is 11.4. The van der Waals surface area contributed by atoms with Crippen LogP contribution in [0.3, 0.4) is 0 Å². The quantitative estimate of drug-likeness (QED) is 0.799. The summed E-state index contributed by atoms with van der Waals surface area (Å²) in [6.45, 7) is 4.23. The number of hydrogen-bond acceptors (Lipinski definition) is 3. The van der Waals surface area contributed by atoms with E-state index in [4.69, 9.17) is 10.2 Å². The van der Waals surface area contributed by atoms with Crippen molar-refractivity contribution in [3.8, 4) is 6.07 Å². The first-order valence-electron chi connectivity index (χ1n) is 7.04. The van der Waals surface area contributed by atoms with Crippen molar-refractivity contribution in [3.63, 3.8) is 0 Å². The summed E-state index contributed by atoms with van der Waals surface area (Å²) in [6, 6.07) is 2.41. The Hall–Kier alpha value is -0.880. The van der Waals surface area contributed by atoms with Gasteiger partial charge in [0.2, 0.25) is 0 Å². The highest BCUT2D eigenvalue weighted by molar-refractivity contribution is 7.09. The fraction of sp³-hybridized carbons (Fsp3) is 0.733. The summed E-state index contributed by atoms with van der Waals surface area (Å²) in [5.41, 5.74) is 1.29. The number of hydrogen-bond donors (Lipinski definition) is 0. The van der Waals surface area contributed by atoms with E-state index < -0.39 is 0 Å². The molecule has 1 saturated carbocycles. The molecular weight excluding hydrogens is 240 g/mol. The molecule has 0 amide bonds. The van der Waals surface area contributed by atoms with Crippen molar-refractivity contribution in [2.45, 2.75) is 58.3 Å². The average Bonchev–Trinajstić information content (AvgIpc) is 2.85. The number of nitriles is 1. The molecule has 0 saturated heterocycles. The summed E-state index contributed by atoms with van der Waals surface area (Å²) in [4.78, 5) is 4.77. The van der Waals surface area contributed by atoms with Gasteiger partial charge in [0, 0.05) is 17.7 Å². The number of nitrogens with zero attached hydrogens (tertiary/aromatic N) is 2. The average molecular weight is 262 g/mol. The fourth-order valence-electron chi connectivity index (χ4n) is 2.62. The first kappa shape index (κ1) is 13.5. The van der Waals surface area contributed by atoms with Gasteiger partial charge in [-0.2, -0.15) is 5.26 Å². The fourth-order valence-corrected chi connectivity index (χ4v) is 3.56. The summed E-state index contributed by atoms with van der Waals surface area (Å²) in [5, 5.41) is 12.5. The van der Waals surface area contributed by atoms with Gasteiger partial charge in [0.1, 0.15) is 0 Å². The maximum Gasteiger partial charge on any atom is 0.0941 e. The molecule has 98 valence electrons. The molecular formula is C15H22N2S. The molecule has 0 N–H and O–H groups in total. The third kappa shape index (κ3) is 3.32. The molecule has 0 spiro atoms. The monoisotopic (exact) mass is 262 g/mol. The zero-order valence-corrected chi connectivity index (χ0v) is 12.2. The van der Waals surface area contributed by atoms with Crippen LogP contribution in [0, 0.1) is 23.2 Å². The molecule has 1 atom stereocenters. The first-order chi connectivity index (χ1) is 8.70. The lowest BCUT2D eigenvalue weighted by Crippen LogP contribution is -2.10. The van der Waals surface area contributed by atoms with Gasteiger partial charge < -0.3 is 0 Å². The van der Waals surface area contributed by atoms with E-state index in [9.17, 15) is 0 Å². The number of aromatic nitrogens is 1. The predicted octanol–water partition coefficient (Wildman–Crippen LogP) is 4.53. The van der Waals surface area contributed by atoms with E-state index in [1.54, 1.807) is 11.3 Å². The largest absolute Gasteiger partial charge is 0.246 e. The van der Waals surface area contributed by atoms with Crippen molar-refractivity contribution in [3.05, 3.63) is 16.1 Å². The normalized spacial score (nSPS) is 18.8. The number of thiazole rings is 1. The van der Waals surface area contributed by atoms with Crippen molar-refractivity contribution in [1.82, 2.24) is 4.98 Å². The molecule has 1 aromatic heterocycles. The van der Waals surface area contributed by atoms with Gasteiger partial charge in [-0.05, 0) is 18.8 Å². The Kier molecular flexibility index (Phi) is 4.77. The minimum atomic E-state index is 0.107. The SMILES string of the molecule is CC(C)C(C#N)Cc1nc(C2CCCCC2)cs1. The van der Waals surface area contributed by atoms with E-state index in [0.29, 0.717) is 11.8 Å². The molecule has 1 unspecified atom stereocenters. The van der Waals surface area contributed by atoms with Gasteiger partial charge in [0.25, 0.3) is 0 Å². The van der Waals surface area contributed by atoms with Gasteiger partial charge in [0.15, 0.2) is 0 Å². The number of rotatable bonds is 4. The minimum absolute atomic E-state index is 0.107. The molecule has 3 heteroatoms. The van der Waals surface area contributed by atoms with E-state index in [0.717, 1.165) is 11.4 Å². The molecule has 1 aliphatic rings. The van der Waals surface area contributed by atoms with E-state index in [2.05, 4.69) is 25.3 Å². The Morgan fingerprint density at radius 2 is 2.11 bits per heavy atom. The van der Waals surface area contributed by atoms with Gasteiger partial charge in [0.05, 0.1) is 22.7 Å². The highest BCUT2D eigenvalue weighted by atomic mass is 32.1. The molecule has 0 bridgehead atoms. The second-order valence-corrected chi connectivity index (χ2v) is 6.63. The van der Waals surface area contributed by atoms with Crippen LogP contribution in [0.15, 0.2) is 5.38 Å². The second-order valence-electron chi connectivity index (χ2n) is 5.68. The predicted molar refractivity (Wildman–Crippen MR) is 75.6 cm³/mol. The first-order valence-corrected chi connectivity index (χ1v) is 7.92. The van der Waals surface area contributed by atoms with Crippen molar-refractivity contribution in [2.75, 3.05) is 0 Å². The lowest BCUT2D eigenvalue weighted by molar-refractivity contribution is 0.435. The summed E-state index contributed by atoms with van der Waals surface area (Å²) >= 11 is 1.74. The van der Waals surface area contributed by atoms with Crippen molar-refractivity contribution < 1.29 is 0 Å². The third-order valence-corrected chi connectivity index (χ3v) is 4.85. The highest BCUT2D eigenvalue weighted by Gasteiger charge is 2.20. The Morgan fingerprint density at radius 1 is 1.39 bits per heavy atom. The molecule has 18 heavy (non-hydrogen) atoms. The van der Waals surface area contributed by atoms with Gasteiger partial charge >= 0.3 is 0 Å². The molecule has 1 aliphatic carbocycles. The maximum absolute atomic E-state index is 9.14. The Balaban J connectivity index is 1.99. The van der Waals surface area contributed by atoms with Crippen molar-refractivity contribution in [1.29, 1.82) is 5.26 Å². The summed E-state index contributed by atoms with van der Waals surface area (Å²) in [5.74, 6) is 1.20. The topological polar surface area (TPSA) is 36.7 Å². The van der Waals surface area contributed by atoms with E-state index in [-0.39, 0.29) is 5.92 Å². The summed E-state index contributed by atoms with van der Waals surface area (Å²) in [7, 11) is 0. The lowest BCUT2D eigenvalue weighted by Gasteiger charge is -2.19. The molecule has 0 radical (unpaired) electrons. The molecule has 1 fully saturated rings. The van der Waals surface area contributed by atoms with Gasteiger partial charge in [-0.15, -0.1) is 11.3 Å². The Labute approximate surface area is 114 Å². The van der Waals surface area contributed by atoms with Crippen LogP contribution >= 0.6 is 11.3 Å². The van der Waals surface area contributed by atoms with E-state index in [1.165, 1.54) is 37.8 Å².